The molecule has 0 atom stereocenters. The number of pyridine rings is 1. The number of hydrogen-bond donors (Lipinski definition) is 1. The van der Waals surface area contributed by atoms with Crippen molar-refractivity contribution in [2.45, 2.75) is 13.8 Å². The molecule has 1 aliphatic heterocycles. The van der Waals surface area contributed by atoms with Gasteiger partial charge in [-0.15, -0.1) is 0 Å². The van der Waals surface area contributed by atoms with Crippen LogP contribution in [0.25, 0.3) is 10.9 Å². The maximum absolute atomic E-state index is 12.5. The second-order valence-electron chi connectivity index (χ2n) is 5.37. The fourth-order valence-corrected chi connectivity index (χ4v) is 2.28. The maximum Gasteiger partial charge on any atom is 0.335 e. The lowest BCUT2D eigenvalue weighted by Crippen LogP contribution is -2.62. The molecule has 2 aromatic rings. The van der Waals surface area contributed by atoms with Gasteiger partial charge in [0, 0.05) is 11.6 Å². The predicted molar refractivity (Wildman–Crippen MR) is 76.5 cm³/mol. The molecule has 6 heteroatoms. The molecule has 106 valence electrons. The Hall–Kier alpha value is -2.76. The van der Waals surface area contributed by atoms with E-state index in [1.807, 2.05) is 0 Å². The molecule has 21 heavy (non-hydrogen) atoms. The van der Waals surface area contributed by atoms with Crippen LogP contribution in [0.2, 0.25) is 0 Å². The van der Waals surface area contributed by atoms with Crippen LogP contribution in [-0.4, -0.2) is 22.8 Å². The molecule has 4 amide bonds. The zero-order valence-electron chi connectivity index (χ0n) is 11.6. The van der Waals surface area contributed by atoms with Crippen molar-refractivity contribution in [1.29, 1.82) is 0 Å². The van der Waals surface area contributed by atoms with Gasteiger partial charge in [-0.3, -0.25) is 19.9 Å². The summed E-state index contributed by atoms with van der Waals surface area (Å²) in [6.45, 7) is 2.99. The normalized spacial score (nSPS) is 18.0. The standard InChI is InChI=1S/C15H13N3O3/c1-15(2)12(19)17-14(21)18(13(15)20)11-7-3-6-10-9(11)5-4-8-16-10/h3-8H,1-2H3,(H,17,19,21). The van der Waals surface area contributed by atoms with E-state index >= 15 is 0 Å². The van der Waals surface area contributed by atoms with Crippen molar-refractivity contribution >= 4 is 34.4 Å². The van der Waals surface area contributed by atoms with Crippen molar-refractivity contribution in [3.8, 4) is 0 Å². The van der Waals surface area contributed by atoms with Crippen molar-refractivity contribution in [2.75, 3.05) is 4.90 Å². The minimum atomic E-state index is -1.29. The number of carbonyl (C=O) groups excluding carboxylic acids is 3. The molecular weight excluding hydrogens is 270 g/mol. The van der Waals surface area contributed by atoms with Crippen LogP contribution in [0.15, 0.2) is 36.5 Å². The Bertz CT molecular complexity index is 777. The summed E-state index contributed by atoms with van der Waals surface area (Å²) in [7, 11) is 0. The summed E-state index contributed by atoms with van der Waals surface area (Å²) in [5.74, 6) is -1.14. The first-order valence-electron chi connectivity index (χ1n) is 6.46. The van der Waals surface area contributed by atoms with Gasteiger partial charge in [0.2, 0.25) is 11.8 Å². The zero-order chi connectivity index (χ0) is 15.2. The Kier molecular flexibility index (Phi) is 2.76. The van der Waals surface area contributed by atoms with Crippen molar-refractivity contribution in [3.05, 3.63) is 36.5 Å². The van der Waals surface area contributed by atoms with Crippen LogP contribution in [-0.2, 0) is 9.59 Å². The fourth-order valence-electron chi connectivity index (χ4n) is 2.28. The van der Waals surface area contributed by atoms with E-state index in [0.717, 1.165) is 4.90 Å². The van der Waals surface area contributed by atoms with Crippen LogP contribution in [0.1, 0.15) is 13.8 Å². The second kappa shape index (κ2) is 4.37. The summed E-state index contributed by atoms with van der Waals surface area (Å²) in [6.07, 6.45) is 1.64. The number of barbiturate groups is 1. The summed E-state index contributed by atoms with van der Waals surface area (Å²) >= 11 is 0. The average Bonchev–Trinajstić information content (AvgIpc) is 2.46. The molecule has 0 aliphatic carbocycles. The molecule has 1 saturated heterocycles. The van der Waals surface area contributed by atoms with E-state index in [-0.39, 0.29) is 0 Å². The number of nitrogens with zero attached hydrogens (tertiary/aromatic N) is 2. The first-order chi connectivity index (χ1) is 9.93. The van der Waals surface area contributed by atoms with Crippen LogP contribution in [0.5, 0.6) is 0 Å². The first-order valence-corrected chi connectivity index (χ1v) is 6.46. The van der Waals surface area contributed by atoms with Gasteiger partial charge in [0.15, 0.2) is 0 Å². The lowest BCUT2D eigenvalue weighted by atomic mass is 9.88. The molecule has 2 heterocycles. The largest absolute Gasteiger partial charge is 0.335 e. The number of amides is 4. The quantitative estimate of drug-likeness (QED) is 0.810. The number of aromatic nitrogens is 1. The van der Waals surface area contributed by atoms with Gasteiger partial charge in [-0.2, -0.15) is 0 Å². The molecule has 3 rings (SSSR count). The summed E-state index contributed by atoms with van der Waals surface area (Å²) < 4.78 is 0. The molecule has 1 N–H and O–H groups in total. The van der Waals surface area contributed by atoms with E-state index in [0.29, 0.717) is 16.6 Å². The molecule has 1 fully saturated rings. The topological polar surface area (TPSA) is 79.4 Å². The molecule has 1 aliphatic rings. The number of benzene rings is 1. The van der Waals surface area contributed by atoms with Gasteiger partial charge >= 0.3 is 6.03 Å². The molecule has 0 radical (unpaired) electrons. The van der Waals surface area contributed by atoms with Gasteiger partial charge in [0.1, 0.15) is 5.41 Å². The molecular formula is C15H13N3O3. The number of urea groups is 1. The second-order valence-corrected chi connectivity index (χ2v) is 5.37. The van der Waals surface area contributed by atoms with Gasteiger partial charge < -0.3 is 0 Å². The Balaban J connectivity index is 2.20. The monoisotopic (exact) mass is 283 g/mol. The number of rotatable bonds is 1. The molecule has 1 aromatic carbocycles. The third-order valence-electron chi connectivity index (χ3n) is 3.59. The van der Waals surface area contributed by atoms with E-state index in [9.17, 15) is 14.4 Å². The minimum Gasteiger partial charge on any atom is -0.276 e. The van der Waals surface area contributed by atoms with Crippen molar-refractivity contribution < 1.29 is 14.4 Å². The molecule has 6 nitrogen and oxygen atoms in total. The minimum absolute atomic E-state index is 0.420. The highest BCUT2D eigenvalue weighted by atomic mass is 16.2. The molecule has 0 bridgehead atoms. The Labute approximate surface area is 120 Å². The number of imide groups is 2. The smallest absolute Gasteiger partial charge is 0.276 e. The highest BCUT2D eigenvalue weighted by molar-refractivity contribution is 6.31. The van der Waals surface area contributed by atoms with Crippen molar-refractivity contribution in [2.24, 2.45) is 5.41 Å². The number of hydrogen-bond acceptors (Lipinski definition) is 4. The Morgan fingerprint density at radius 3 is 2.62 bits per heavy atom. The summed E-state index contributed by atoms with van der Waals surface area (Å²) in [4.78, 5) is 41.6. The summed E-state index contributed by atoms with van der Waals surface area (Å²) in [6, 6.07) is 7.94. The van der Waals surface area contributed by atoms with E-state index in [4.69, 9.17) is 0 Å². The van der Waals surface area contributed by atoms with E-state index in [2.05, 4.69) is 10.3 Å². The van der Waals surface area contributed by atoms with Gasteiger partial charge in [0.25, 0.3) is 0 Å². The Morgan fingerprint density at radius 2 is 1.86 bits per heavy atom. The van der Waals surface area contributed by atoms with Crippen LogP contribution in [0.3, 0.4) is 0 Å². The fraction of sp³-hybridized carbons (Fsp3) is 0.200. The van der Waals surface area contributed by atoms with E-state index in [1.54, 1.807) is 36.5 Å². The molecule has 0 unspecified atom stereocenters. The third-order valence-corrected chi connectivity index (χ3v) is 3.59. The third kappa shape index (κ3) is 1.87. The average molecular weight is 283 g/mol. The zero-order valence-corrected chi connectivity index (χ0v) is 11.6. The molecule has 0 spiro atoms. The SMILES string of the molecule is CC1(C)C(=O)NC(=O)N(c2cccc3ncccc23)C1=O. The Morgan fingerprint density at radius 1 is 1.10 bits per heavy atom. The number of carbonyl (C=O) groups is 3. The van der Waals surface area contributed by atoms with E-state index in [1.165, 1.54) is 13.8 Å². The maximum atomic E-state index is 12.5. The van der Waals surface area contributed by atoms with Gasteiger partial charge in [-0.05, 0) is 38.1 Å². The van der Waals surface area contributed by atoms with Gasteiger partial charge in [-0.25, -0.2) is 9.69 Å². The first kappa shape index (κ1) is 13.2. The highest BCUT2D eigenvalue weighted by Gasteiger charge is 2.47. The van der Waals surface area contributed by atoms with Crippen molar-refractivity contribution in [1.82, 2.24) is 10.3 Å². The van der Waals surface area contributed by atoms with Crippen LogP contribution in [0, 0.1) is 5.41 Å². The number of nitrogens with one attached hydrogen (secondary N) is 1. The molecule has 0 saturated carbocycles. The van der Waals surface area contributed by atoms with Crippen LogP contribution < -0.4 is 10.2 Å². The lowest BCUT2D eigenvalue weighted by molar-refractivity contribution is -0.140. The van der Waals surface area contributed by atoms with E-state index < -0.39 is 23.3 Å². The van der Waals surface area contributed by atoms with Crippen LogP contribution >= 0.6 is 0 Å². The van der Waals surface area contributed by atoms with Crippen LogP contribution in [0.4, 0.5) is 10.5 Å². The van der Waals surface area contributed by atoms with Crippen molar-refractivity contribution in [3.63, 3.8) is 0 Å². The van der Waals surface area contributed by atoms with Gasteiger partial charge in [0.05, 0.1) is 11.2 Å². The predicted octanol–water partition coefficient (Wildman–Crippen LogP) is 1.84. The summed E-state index contributed by atoms with van der Waals surface area (Å²) in [5, 5.41) is 2.89. The molecule has 1 aromatic heterocycles. The van der Waals surface area contributed by atoms with Gasteiger partial charge in [-0.1, -0.05) is 6.07 Å². The number of anilines is 1. The lowest BCUT2D eigenvalue weighted by Gasteiger charge is -2.34. The number of fused-ring (bicyclic) bond motifs is 1. The summed E-state index contributed by atoms with van der Waals surface area (Å²) in [5.41, 5.74) is -0.202. The highest BCUT2D eigenvalue weighted by Crippen LogP contribution is 2.32.